The number of hydrogen-bond acceptors (Lipinski definition) is 4. The minimum absolute atomic E-state index is 0.232. The Kier molecular flexibility index (Phi) is 6.81. The number of amides is 2. The molecular formula is C22H22N2O3S. The van der Waals surface area contributed by atoms with Crippen molar-refractivity contribution in [3.05, 3.63) is 88.1 Å². The molecule has 3 aromatic rings. The first-order chi connectivity index (χ1) is 13.7. The average molecular weight is 394 g/mol. The van der Waals surface area contributed by atoms with E-state index >= 15 is 0 Å². The molecule has 5 nitrogen and oxygen atoms in total. The monoisotopic (exact) mass is 394 g/mol. The Labute approximate surface area is 168 Å². The minimum Gasteiger partial charge on any atom is -0.497 e. The van der Waals surface area contributed by atoms with E-state index < -0.39 is 6.04 Å². The predicted molar refractivity (Wildman–Crippen MR) is 111 cm³/mol. The lowest BCUT2D eigenvalue weighted by Crippen LogP contribution is -2.40. The van der Waals surface area contributed by atoms with Gasteiger partial charge in [0, 0.05) is 6.54 Å². The summed E-state index contributed by atoms with van der Waals surface area (Å²) in [6, 6.07) is 19.8. The highest BCUT2D eigenvalue weighted by Crippen LogP contribution is 2.16. The van der Waals surface area contributed by atoms with Crippen LogP contribution in [0.25, 0.3) is 0 Å². The van der Waals surface area contributed by atoms with Gasteiger partial charge in [-0.2, -0.15) is 0 Å². The van der Waals surface area contributed by atoms with Crippen LogP contribution in [-0.4, -0.2) is 25.5 Å². The summed E-state index contributed by atoms with van der Waals surface area (Å²) < 4.78 is 5.15. The van der Waals surface area contributed by atoms with Crippen molar-refractivity contribution in [2.24, 2.45) is 0 Å². The van der Waals surface area contributed by atoms with E-state index in [9.17, 15) is 9.59 Å². The smallest absolute Gasteiger partial charge is 0.262 e. The maximum Gasteiger partial charge on any atom is 0.262 e. The molecule has 0 bridgehead atoms. The fourth-order valence-electron chi connectivity index (χ4n) is 2.78. The molecule has 0 aliphatic rings. The highest BCUT2D eigenvalue weighted by molar-refractivity contribution is 7.12. The zero-order valence-corrected chi connectivity index (χ0v) is 16.4. The Bertz CT molecular complexity index is 893. The van der Waals surface area contributed by atoms with Gasteiger partial charge in [0.2, 0.25) is 5.91 Å². The zero-order valence-electron chi connectivity index (χ0n) is 15.6. The molecule has 2 N–H and O–H groups in total. The number of ether oxygens (including phenoxy) is 1. The Hall–Kier alpha value is -3.12. The summed E-state index contributed by atoms with van der Waals surface area (Å²) in [4.78, 5) is 25.8. The summed E-state index contributed by atoms with van der Waals surface area (Å²) in [5.41, 5.74) is 1.84. The molecule has 1 heterocycles. The summed E-state index contributed by atoms with van der Waals surface area (Å²) in [6.07, 6.45) is 0.691. The van der Waals surface area contributed by atoms with Crippen LogP contribution in [0.4, 0.5) is 0 Å². The molecule has 0 saturated heterocycles. The standard InChI is InChI=1S/C22H22N2O3S/c1-27-18-11-9-16(10-12-18)13-14-23-22(26)20(17-6-3-2-4-7-17)24-21(25)19-8-5-15-28-19/h2-12,15,20H,13-14H2,1H3,(H,23,26)(H,24,25). The van der Waals surface area contributed by atoms with E-state index in [2.05, 4.69) is 10.6 Å². The van der Waals surface area contributed by atoms with Crippen molar-refractivity contribution in [3.63, 3.8) is 0 Å². The Morgan fingerprint density at radius 1 is 1.00 bits per heavy atom. The summed E-state index contributed by atoms with van der Waals surface area (Å²) >= 11 is 1.34. The summed E-state index contributed by atoms with van der Waals surface area (Å²) in [5.74, 6) is 0.312. The highest BCUT2D eigenvalue weighted by Gasteiger charge is 2.23. The molecule has 1 atom stereocenters. The molecule has 1 unspecified atom stereocenters. The molecule has 1 aromatic heterocycles. The molecular weight excluding hydrogens is 372 g/mol. The summed E-state index contributed by atoms with van der Waals surface area (Å²) in [5, 5.41) is 7.60. The lowest BCUT2D eigenvalue weighted by molar-refractivity contribution is -0.123. The van der Waals surface area contributed by atoms with Gasteiger partial charge < -0.3 is 15.4 Å². The number of rotatable bonds is 8. The topological polar surface area (TPSA) is 67.4 Å². The SMILES string of the molecule is COc1ccc(CCNC(=O)C(NC(=O)c2cccs2)c2ccccc2)cc1. The van der Waals surface area contributed by atoms with Crippen LogP contribution in [0, 0.1) is 0 Å². The van der Waals surface area contributed by atoms with Crippen molar-refractivity contribution in [1.29, 1.82) is 0 Å². The van der Waals surface area contributed by atoms with Crippen LogP contribution in [0.1, 0.15) is 26.8 Å². The van der Waals surface area contributed by atoms with E-state index in [1.54, 1.807) is 13.2 Å². The molecule has 6 heteroatoms. The number of carbonyl (C=O) groups is 2. The van der Waals surface area contributed by atoms with Crippen LogP contribution in [0.5, 0.6) is 5.75 Å². The van der Waals surface area contributed by atoms with Gasteiger partial charge in [0.25, 0.3) is 5.91 Å². The van der Waals surface area contributed by atoms with E-state index in [0.29, 0.717) is 17.8 Å². The minimum atomic E-state index is -0.744. The number of carbonyl (C=O) groups excluding carboxylic acids is 2. The second-order valence-electron chi connectivity index (χ2n) is 6.18. The maximum absolute atomic E-state index is 12.8. The third-order valence-electron chi connectivity index (χ3n) is 4.29. The summed E-state index contributed by atoms with van der Waals surface area (Å²) in [7, 11) is 1.63. The third-order valence-corrected chi connectivity index (χ3v) is 5.16. The molecule has 3 rings (SSSR count). The molecule has 0 saturated carbocycles. The van der Waals surface area contributed by atoms with Gasteiger partial charge in [0.15, 0.2) is 0 Å². The molecule has 28 heavy (non-hydrogen) atoms. The van der Waals surface area contributed by atoms with Crippen molar-refractivity contribution >= 4 is 23.2 Å². The van der Waals surface area contributed by atoms with Crippen molar-refractivity contribution < 1.29 is 14.3 Å². The van der Waals surface area contributed by atoms with E-state index in [1.165, 1.54) is 11.3 Å². The number of thiophene rings is 1. The third kappa shape index (κ3) is 5.20. The van der Waals surface area contributed by atoms with Gasteiger partial charge in [-0.25, -0.2) is 0 Å². The van der Waals surface area contributed by atoms with Gasteiger partial charge in [0.05, 0.1) is 12.0 Å². The van der Waals surface area contributed by atoms with Gasteiger partial charge in [-0.3, -0.25) is 9.59 Å². The molecule has 144 valence electrons. The number of nitrogens with one attached hydrogen (secondary N) is 2. The summed E-state index contributed by atoms with van der Waals surface area (Å²) in [6.45, 7) is 0.476. The number of benzene rings is 2. The highest BCUT2D eigenvalue weighted by atomic mass is 32.1. The first kappa shape index (κ1) is 19.6. The zero-order chi connectivity index (χ0) is 19.8. The molecule has 0 aliphatic carbocycles. The molecule has 0 spiro atoms. The average Bonchev–Trinajstić information content (AvgIpc) is 3.28. The van der Waals surface area contributed by atoms with Crippen LogP contribution >= 0.6 is 11.3 Å². The van der Waals surface area contributed by atoms with Gasteiger partial charge >= 0.3 is 0 Å². The van der Waals surface area contributed by atoms with Gasteiger partial charge in [-0.15, -0.1) is 11.3 Å². The predicted octanol–water partition coefficient (Wildman–Crippen LogP) is 3.59. The van der Waals surface area contributed by atoms with E-state index in [-0.39, 0.29) is 11.8 Å². The molecule has 0 fully saturated rings. The molecule has 0 radical (unpaired) electrons. The Balaban J connectivity index is 1.63. The van der Waals surface area contributed by atoms with Crippen LogP contribution in [-0.2, 0) is 11.2 Å². The fraction of sp³-hybridized carbons (Fsp3) is 0.182. The number of hydrogen-bond donors (Lipinski definition) is 2. The Morgan fingerprint density at radius 3 is 2.39 bits per heavy atom. The van der Waals surface area contributed by atoms with E-state index in [1.807, 2.05) is 66.0 Å². The molecule has 2 aromatic carbocycles. The second kappa shape index (κ2) is 9.71. The van der Waals surface area contributed by atoms with Gasteiger partial charge in [0.1, 0.15) is 11.8 Å². The molecule has 2 amide bonds. The number of methoxy groups -OCH3 is 1. The van der Waals surface area contributed by atoms with Gasteiger partial charge in [-0.1, -0.05) is 48.5 Å². The molecule has 0 aliphatic heterocycles. The largest absolute Gasteiger partial charge is 0.497 e. The normalized spacial score (nSPS) is 11.5. The van der Waals surface area contributed by atoms with Crippen LogP contribution < -0.4 is 15.4 Å². The lowest BCUT2D eigenvalue weighted by Gasteiger charge is -2.18. The van der Waals surface area contributed by atoms with Crippen LogP contribution in [0.3, 0.4) is 0 Å². The van der Waals surface area contributed by atoms with E-state index in [4.69, 9.17) is 4.74 Å². The van der Waals surface area contributed by atoms with Crippen molar-refractivity contribution in [2.45, 2.75) is 12.5 Å². The van der Waals surface area contributed by atoms with Crippen LogP contribution in [0.15, 0.2) is 72.1 Å². The fourth-order valence-corrected chi connectivity index (χ4v) is 3.41. The quantitative estimate of drug-likeness (QED) is 0.614. The van der Waals surface area contributed by atoms with Crippen molar-refractivity contribution in [3.8, 4) is 5.75 Å². The maximum atomic E-state index is 12.8. The van der Waals surface area contributed by atoms with E-state index in [0.717, 1.165) is 16.9 Å². The second-order valence-corrected chi connectivity index (χ2v) is 7.13. The van der Waals surface area contributed by atoms with Crippen molar-refractivity contribution in [2.75, 3.05) is 13.7 Å². The van der Waals surface area contributed by atoms with Gasteiger partial charge in [-0.05, 0) is 41.1 Å². The lowest BCUT2D eigenvalue weighted by atomic mass is 10.1. The Morgan fingerprint density at radius 2 is 1.75 bits per heavy atom. The van der Waals surface area contributed by atoms with Crippen molar-refractivity contribution in [1.82, 2.24) is 10.6 Å². The first-order valence-corrected chi connectivity index (χ1v) is 9.85. The van der Waals surface area contributed by atoms with Crippen LogP contribution in [0.2, 0.25) is 0 Å². The first-order valence-electron chi connectivity index (χ1n) is 8.97.